The number of fused-ring (bicyclic) bond motifs is 3. The molecule has 1 saturated heterocycles. The number of hydrogen-bond acceptors (Lipinski definition) is 6. The van der Waals surface area contributed by atoms with Crippen LogP contribution in [0.2, 0.25) is 0 Å². The maximum Gasteiger partial charge on any atom is 0.223 e. The van der Waals surface area contributed by atoms with Gasteiger partial charge in [0, 0.05) is 50.2 Å². The Morgan fingerprint density at radius 1 is 1.27 bits per heavy atom. The van der Waals surface area contributed by atoms with Crippen LogP contribution in [0.4, 0.5) is 0 Å². The Hall–Kier alpha value is -2.49. The van der Waals surface area contributed by atoms with Crippen LogP contribution >= 0.6 is 12.2 Å². The molecule has 1 aromatic carbocycles. The number of amides is 1. The van der Waals surface area contributed by atoms with Crippen LogP contribution in [0.3, 0.4) is 0 Å². The summed E-state index contributed by atoms with van der Waals surface area (Å²) in [5, 5.41) is 8.97. The van der Waals surface area contributed by atoms with Crippen LogP contribution in [0, 0.1) is 17.6 Å². The molecule has 2 aromatic heterocycles. The van der Waals surface area contributed by atoms with Crippen LogP contribution in [-0.2, 0) is 16.2 Å². The Morgan fingerprint density at radius 2 is 2.06 bits per heavy atom. The summed E-state index contributed by atoms with van der Waals surface area (Å²) in [5.41, 5.74) is 2.99. The van der Waals surface area contributed by atoms with Gasteiger partial charge in [0.05, 0.1) is 19.3 Å². The molecule has 1 aliphatic rings. The minimum absolute atomic E-state index is 0.0708. The minimum atomic E-state index is 0.0708. The van der Waals surface area contributed by atoms with E-state index in [1.54, 1.807) is 7.11 Å². The van der Waals surface area contributed by atoms with Crippen molar-refractivity contribution in [3.8, 4) is 5.75 Å². The molecule has 0 bridgehead atoms. The lowest BCUT2D eigenvalue weighted by Crippen LogP contribution is -2.41. The van der Waals surface area contributed by atoms with E-state index in [4.69, 9.17) is 26.8 Å². The summed E-state index contributed by atoms with van der Waals surface area (Å²) in [6.45, 7) is 8.46. The highest BCUT2D eigenvalue weighted by molar-refractivity contribution is 7.71. The highest BCUT2D eigenvalue weighted by atomic mass is 32.1. The second-order valence-corrected chi connectivity index (χ2v) is 8.93. The van der Waals surface area contributed by atoms with Gasteiger partial charge in [0.1, 0.15) is 5.75 Å². The third kappa shape index (κ3) is 5.20. The van der Waals surface area contributed by atoms with Gasteiger partial charge in [0.15, 0.2) is 5.65 Å². The normalized spacial score (nSPS) is 15.4. The van der Waals surface area contributed by atoms with Crippen molar-refractivity contribution in [3.05, 3.63) is 34.6 Å². The summed E-state index contributed by atoms with van der Waals surface area (Å²) in [6.07, 6.45) is 2.54. The quantitative estimate of drug-likeness (QED) is 0.380. The van der Waals surface area contributed by atoms with Crippen LogP contribution in [0.15, 0.2) is 24.3 Å². The number of methoxy groups -OCH3 is 1. The van der Waals surface area contributed by atoms with E-state index in [1.165, 1.54) is 0 Å². The second kappa shape index (κ2) is 10.6. The van der Waals surface area contributed by atoms with Gasteiger partial charge in [0.2, 0.25) is 10.7 Å². The maximum atomic E-state index is 12.5. The molecule has 4 rings (SSSR count). The van der Waals surface area contributed by atoms with Gasteiger partial charge < -0.3 is 14.8 Å². The van der Waals surface area contributed by atoms with Crippen LogP contribution in [0.1, 0.15) is 31.7 Å². The van der Waals surface area contributed by atoms with Crippen LogP contribution < -0.4 is 10.1 Å². The Bertz CT molecular complexity index is 1180. The first-order chi connectivity index (χ1) is 16.0. The number of rotatable bonds is 9. The fraction of sp³-hybridized carbons (Fsp3) is 0.542. The summed E-state index contributed by atoms with van der Waals surface area (Å²) in [4.78, 5) is 14.8. The predicted octanol–water partition coefficient (Wildman–Crippen LogP) is 3.55. The number of hydrogen-bond donors (Lipinski definition) is 1. The Balaban J connectivity index is 1.42. The van der Waals surface area contributed by atoms with Crippen molar-refractivity contribution >= 4 is 34.7 Å². The van der Waals surface area contributed by atoms with Crippen molar-refractivity contribution in [1.29, 1.82) is 0 Å². The predicted molar refractivity (Wildman–Crippen MR) is 131 cm³/mol. The molecule has 1 N–H and O–H groups in total. The summed E-state index contributed by atoms with van der Waals surface area (Å²) < 4.78 is 15.3. The van der Waals surface area contributed by atoms with Gasteiger partial charge in [-0.1, -0.05) is 0 Å². The first-order valence-electron chi connectivity index (χ1n) is 11.7. The molecule has 0 radical (unpaired) electrons. The molecule has 0 atom stereocenters. The van der Waals surface area contributed by atoms with Gasteiger partial charge in [0.25, 0.3) is 0 Å². The molecule has 3 heterocycles. The van der Waals surface area contributed by atoms with Gasteiger partial charge in [-0.25, -0.2) is 4.68 Å². The zero-order chi connectivity index (χ0) is 23.4. The fourth-order valence-electron chi connectivity index (χ4n) is 4.47. The number of carbonyl (C=O) groups excluding carboxylic acids is 1. The number of aryl methyl sites for hydroxylation is 1. The van der Waals surface area contributed by atoms with Crippen molar-refractivity contribution in [3.63, 3.8) is 0 Å². The van der Waals surface area contributed by atoms with E-state index < -0.39 is 0 Å². The van der Waals surface area contributed by atoms with Crippen LogP contribution in [-0.4, -0.2) is 64.9 Å². The third-order valence-electron chi connectivity index (χ3n) is 6.34. The number of ether oxygens (including phenoxy) is 2. The number of benzene rings is 1. The van der Waals surface area contributed by atoms with Crippen molar-refractivity contribution in [1.82, 2.24) is 24.4 Å². The molecule has 0 saturated carbocycles. The number of aromatic nitrogens is 3. The van der Waals surface area contributed by atoms with Crippen LogP contribution in [0.25, 0.3) is 16.6 Å². The molecule has 178 valence electrons. The van der Waals surface area contributed by atoms with E-state index in [9.17, 15) is 4.79 Å². The average molecular weight is 472 g/mol. The largest absolute Gasteiger partial charge is 0.497 e. The smallest absolute Gasteiger partial charge is 0.223 e. The molecule has 1 fully saturated rings. The Morgan fingerprint density at radius 3 is 2.79 bits per heavy atom. The monoisotopic (exact) mass is 471 g/mol. The number of piperidine rings is 1. The summed E-state index contributed by atoms with van der Waals surface area (Å²) in [7, 11) is 1.67. The summed E-state index contributed by atoms with van der Waals surface area (Å²) in [5.74, 6) is 1.02. The fourth-order valence-corrected chi connectivity index (χ4v) is 4.76. The van der Waals surface area contributed by atoms with Crippen molar-refractivity contribution in [2.24, 2.45) is 5.92 Å². The molecule has 8 nitrogen and oxygen atoms in total. The lowest BCUT2D eigenvalue weighted by molar-refractivity contribution is -0.126. The van der Waals surface area contributed by atoms with E-state index >= 15 is 0 Å². The van der Waals surface area contributed by atoms with Gasteiger partial charge in [-0.15, -0.1) is 0 Å². The molecule has 3 aromatic rings. The standard InChI is InChI=1S/C24H33N5O3S/c1-4-32-13-5-10-25-23(30)18-8-11-27(12-9-18)16-28-24(33)29-21-15-19(31-3)6-7-20(21)17(2)14-22(29)26-28/h6-7,14-15,18H,4-5,8-13,16H2,1-3H3,(H,25,30). The molecule has 0 aliphatic carbocycles. The van der Waals surface area contributed by atoms with E-state index in [0.29, 0.717) is 31.2 Å². The SMILES string of the molecule is CCOCCCNC(=O)C1CCN(Cn2nc3cc(C)c4ccc(OC)cc4n3c2=S)CC1. The molecule has 1 aliphatic heterocycles. The van der Waals surface area contributed by atoms with E-state index in [1.807, 2.05) is 28.1 Å². The van der Waals surface area contributed by atoms with Gasteiger partial charge in [-0.05, 0) is 69.1 Å². The second-order valence-electron chi connectivity index (χ2n) is 8.56. The third-order valence-corrected chi connectivity index (χ3v) is 6.74. The first-order valence-corrected chi connectivity index (χ1v) is 12.1. The number of nitrogens with zero attached hydrogens (tertiary/aromatic N) is 4. The summed E-state index contributed by atoms with van der Waals surface area (Å²) >= 11 is 5.81. The van der Waals surface area contributed by atoms with E-state index in [2.05, 4.69) is 29.3 Å². The molecular weight excluding hydrogens is 438 g/mol. The highest BCUT2D eigenvalue weighted by Gasteiger charge is 2.25. The molecule has 0 unspecified atom stereocenters. The topological polar surface area (TPSA) is 73.0 Å². The van der Waals surface area contributed by atoms with Crippen LogP contribution in [0.5, 0.6) is 5.75 Å². The number of pyridine rings is 1. The van der Waals surface area contributed by atoms with E-state index in [-0.39, 0.29) is 11.8 Å². The Labute approximate surface area is 199 Å². The molecule has 33 heavy (non-hydrogen) atoms. The highest BCUT2D eigenvalue weighted by Crippen LogP contribution is 2.26. The molecular formula is C24H33N5O3S. The molecule has 0 spiro atoms. The molecule has 1 amide bonds. The van der Waals surface area contributed by atoms with E-state index in [0.717, 1.165) is 60.2 Å². The van der Waals surface area contributed by atoms with Crippen molar-refractivity contribution in [2.75, 3.05) is 40.0 Å². The Kier molecular flexibility index (Phi) is 7.62. The first kappa shape index (κ1) is 23.7. The number of nitrogens with one attached hydrogen (secondary N) is 1. The maximum absolute atomic E-state index is 12.5. The molecule has 9 heteroatoms. The van der Waals surface area contributed by atoms with Gasteiger partial charge in [-0.3, -0.25) is 14.1 Å². The van der Waals surface area contributed by atoms with Gasteiger partial charge >= 0.3 is 0 Å². The number of carbonyl (C=O) groups is 1. The summed E-state index contributed by atoms with van der Waals surface area (Å²) in [6, 6.07) is 8.11. The number of likely N-dealkylation sites (tertiary alicyclic amines) is 1. The zero-order valence-electron chi connectivity index (χ0n) is 19.7. The van der Waals surface area contributed by atoms with Gasteiger partial charge in [-0.2, -0.15) is 5.10 Å². The minimum Gasteiger partial charge on any atom is -0.497 e. The zero-order valence-corrected chi connectivity index (χ0v) is 20.5. The van der Waals surface area contributed by atoms with Crippen molar-refractivity contribution < 1.29 is 14.3 Å². The lowest BCUT2D eigenvalue weighted by Gasteiger charge is -2.30. The lowest BCUT2D eigenvalue weighted by atomic mass is 9.96. The van der Waals surface area contributed by atoms with Crippen molar-refractivity contribution in [2.45, 2.75) is 39.8 Å². The average Bonchev–Trinajstić information content (AvgIpc) is 3.13.